The molecule has 0 saturated carbocycles. The monoisotopic (exact) mass is 331 g/mol. The minimum atomic E-state index is 0.0679. The van der Waals surface area contributed by atoms with Gasteiger partial charge in [0.25, 0.3) is 5.91 Å². The van der Waals surface area contributed by atoms with Gasteiger partial charge in [0.1, 0.15) is 4.88 Å². The number of ether oxygens (including phenoxy) is 1. The highest BCUT2D eigenvalue weighted by atomic mass is 32.1. The second-order valence-corrected chi connectivity index (χ2v) is 6.44. The van der Waals surface area contributed by atoms with Gasteiger partial charge in [-0.3, -0.25) is 4.79 Å². The average molecular weight is 331 g/mol. The molecule has 23 heavy (non-hydrogen) atoms. The van der Waals surface area contributed by atoms with E-state index in [1.807, 2.05) is 30.0 Å². The standard InChI is InChI=1S/C17H21N3O2S/c1-2-15-16(23-19-18-15)17(21)20-10-8-14(9-11-20)22-12-13-6-4-3-5-7-13/h3-7,14H,2,8-12H2,1H3. The third-order valence-corrected chi connectivity index (χ3v) is 4.90. The van der Waals surface area contributed by atoms with Gasteiger partial charge in [0.2, 0.25) is 0 Å². The lowest BCUT2D eigenvalue weighted by molar-refractivity contribution is -0.000295. The fourth-order valence-corrected chi connectivity index (χ4v) is 3.48. The topological polar surface area (TPSA) is 55.3 Å². The Labute approximate surface area is 140 Å². The number of hydrogen-bond donors (Lipinski definition) is 0. The summed E-state index contributed by atoms with van der Waals surface area (Å²) in [4.78, 5) is 15.1. The quantitative estimate of drug-likeness (QED) is 0.845. The Bertz CT molecular complexity index is 636. The van der Waals surface area contributed by atoms with E-state index in [1.54, 1.807) is 0 Å². The lowest BCUT2D eigenvalue weighted by atomic mass is 10.1. The van der Waals surface area contributed by atoms with Crippen LogP contribution in [0.2, 0.25) is 0 Å². The summed E-state index contributed by atoms with van der Waals surface area (Å²) in [5, 5.41) is 4.02. The molecule has 0 spiro atoms. The molecule has 1 aromatic heterocycles. The lowest BCUT2D eigenvalue weighted by Crippen LogP contribution is -2.40. The van der Waals surface area contributed by atoms with Gasteiger partial charge in [-0.25, -0.2) is 0 Å². The Kier molecular flexibility index (Phi) is 5.35. The molecule has 6 heteroatoms. The van der Waals surface area contributed by atoms with Crippen molar-refractivity contribution in [3.05, 3.63) is 46.5 Å². The van der Waals surface area contributed by atoms with Crippen LogP contribution in [0.4, 0.5) is 0 Å². The lowest BCUT2D eigenvalue weighted by Gasteiger charge is -2.31. The fourth-order valence-electron chi connectivity index (χ4n) is 2.76. The first-order valence-corrected chi connectivity index (χ1v) is 8.81. The summed E-state index contributed by atoms with van der Waals surface area (Å²) in [5.41, 5.74) is 2.00. The molecule has 0 unspecified atom stereocenters. The summed E-state index contributed by atoms with van der Waals surface area (Å²) in [7, 11) is 0. The van der Waals surface area contributed by atoms with Crippen LogP contribution in [0, 0.1) is 0 Å². The molecule has 1 aromatic carbocycles. The molecule has 1 fully saturated rings. The fraction of sp³-hybridized carbons (Fsp3) is 0.471. The van der Waals surface area contributed by atoms with Crippen LogP contribution < -0.4 is 0 Å². The van der Waals surface area contributed by atoms with Crippen molar-refractivity contribution in [3.63, 3.8) is 0 Å². The van der Waals surface area contributed by atoms with Crippen LogP contribution in [0.3, 0.4) is 0 Å². The van der Waals surface area contributed by atoms with E-state index < -0.39 is 0 Å². The molecule has 1 amide bonds. The van der Waals surface area contributed by atoms with E-state index in [0.717, 1.165) is 38.0 Å². The normalized spacial score (nSPS) is 15.8. The number of aryl methyl sites for hydroxylation is 1. The Morgan fingerprint density at radius 1 is 1.30 bits per heavy atom. The minimum Gasteiger partial charge on any atom is -0.373 e. The predicted octanol–water partition coefficient (Wildman–Crippen LogP) is 2.92. The van der Waals surface area contributed by atoms with E-state index in [2.05, 4.69) is 21.7 Å². The molecule has 1 aliphatic heterocycles. The van der Waals surface area contributed by atoms with Crippen molar-refractivity contribution < 1.29 is 9.53 Å². The summed E-state index contributed by atoms with van der Waals surface area (Å²) in [6, 6.07) is 10.2. The Hall–Kier alpha value is -1.79. The summed E-state index contributed by atoms with van der Waals surface area (Å²) in [5.74, 6) is 0.0679. The second-order valence-electron chi connectivity index (χ2n) is 5.69. The van der Waals surface area contributed by atoms with Crippen LogP contribution in [0.15, 0.2) is 30.3 Å². The van der Waals surface area contributed by atoms with Crippen molar-refractivity contribution in [2.45, 2.75) is 38.9 Å². The number of nitrogens with zero attached hydrogens (tertiary/aromatic N) is 3. The molecule has 3 rings (SSSR count). The molecule has 1 aliphatic rings. The van der Waals surface area contributed by atoms with Gasteiger partial charge in [0, 0.05) is 13.1 Å². The number of benzene rings is 1. The Morgan fingerprint density at radius 3 is 2.74 bits per heavy atom. The highest BCUT2D eigenvalue weighted by molar-refractivity contribution is 7.08. The molecule has 2 aromatic rings. The van der Waals surface area contributed by atoms with Gasteiger partial charge >= 0.3 is 0 Å². The van der Waals surface area contributed by atoms with Gasteiger partial charge in [0.05, 0.1) is 18.4 Å². The van der Waals surface area contributed by atoms with Crippen LogP contribution in [0.1, 0.15) is 40.7 Å². The zero-order chi connectivity index (χ0) is 16.1. The first-order chi connectivity index (χ1) is 11.3. The van der Waals surface area contributed by atoms with Crippen molar-refractivity contribution in [2.24, 2.45) is 0 Å². The van der Waals surface area contributed by atoms with E-state index in [1.165, 1.54) is 17.1 Å². The highest BCUT2D eigenvalue weighted by Gasteiger charge is 2.26. The number of hydrogen-bond acceptors (Lipinski definition) is 5. The van der Waals surface area contributed by atoms with Gasteiger partial charge in [-0.2, -0.15) is 0 Å². The Balaban J connectivity index is 1.49. The third-order valence-electron chi connectivity index (χ3n) is 4.14. The van der Waals surface area contributed by atoms with Gasteiger partial charge in [-0.1, -0.05) is 41.7 Å². The van der Waals surface area contributed by atoms with Crippen LogP contribution in [-0.2, 0) is 17.8 Å². The minimum absolute atomic E-state index is 0.0679. The molecule has 0 aliphatic carbocycles. The molecule has 0 N–H and O–H groups in total. The van der Waals surface area contributed by atoms with Crippen molar-refractivity contribution in [1.29, 1.82) is 0 Å². The van der Waals surface area contributed by atoms with Crippen molar-refractivity contribution in [2.75, 3.05) is 13.1 Å². The summed E-state index contributed by atoms with van der Waals surface area (Å²) >= 11 is 1.20. The first-order valence-electron chi connectivity index (χ1n) is 8.04. The SMILES string of the molecule is CCc1nnsc1C(=O)N1CCC(OCc2ccccc2)CC1. The largest absolute Gasteiger partial charge is 0.373 e. The van der Waals surface area contributed by atoms with E-state index in [4.69, 9.17) is 4.74 Å². The molecule has 0 bridgehead atoms. The van der Waals surface area contributed by atoms with E-state index in [0.29, 0.717) is 11.5 Å². The number of piperidine rings is 1. The van der Waals surface area contributed by atoms with Crippen LogP contribution in [0.5, 0.6) is 0 Å². The number of likely N-dealkylation sites (tertiary alicyclic amines) is 1. The number of carbonyl (C=O) groups is 1. The molecule has 0 radical (unpaired) electrons. The number of aromatic nitrogens is 2. The number of amides is 1. The summed E-state index contributed by atoms with van der Waals surface area (Å²) in [6.45, 7) is 4.11. The third kappa shape index (κ3) is 3.95. The molecule has 2 heterocycles. The zero-order valence-electron chi connectivity index (χ0n) is 13.3. The van der Waals surface area contributed by atoms with Gasteiger partial charge in [-0.05, 0) is 36.4 Å². The second kappa shape index (κ2) is 7.66. The van der Waals surface area contributed by atoms with E-state index >= 15 is 0 Å². The molecule has 1 saturated heterocycles. The smallest absolute Gasteiger partial charge is 0.267 e. The maximum absolute atomic E-state index is 12.5. The van der Waals surface area contributed by atoms with Crippen LogP contribution in [-0.4, -0.2) is 39.6 Å². The van der Waals surface area contributed by atoms with Crippen LogP contribution in [0.25, 0.3) is 0 Å². The maximum Gasteiger partial charge on any atom is 0.267 e. The van der Waals surface area contributed by atoms with E-state index in [-0.39, 0.29) is 12.0 Å². The van der Waals surface area contributed by atoms with E-state index in [9.17, 15) is 4.79 Å². The Morgan fingerprint density at radius 2 is 2.04 bits per heavy atom. The molecular formula is C17H21N3O2S. The van der Waals surface area contributed by atoms with Crippen molar-refractivity contribution in [1.82, 2.24) is 14.5 Å². The molecular weight excluding hydrogens is 310 g/mol. The van der Waals surface area contributed by atoms with Crippen molar-refractivity contribution >= 4 is 17.4 Å². The highest BCUT2D eigenvalue weighted by Crippen LogP contribution is 2.20. The van der Waals surface area contributed by atoms with Gasteiger partial charge in [-0.15, -0.1) is 5.10 Å². The maximum atomic E-state index is 12.5. The van der Waals surface area contributed by atoms with Crippen molar-refractivity contribution in [3.8, 4) is 0 Å². The van der Waals surface area contributed by atoms with Gasteiger partial charge in [0.15, 0.2) is 0 Å². The van der Waals surface area contributed by atoms with Crippen LogP contribution >= 0.6 is 11.5 Å². The average Bonchev–Trinajstić information content (AvgIpc) is 3.09. The summed E-state index contributed by atoms with van der Waals surface area (Å²) in [6.07, 6.45) is 2.73. The predicted molar refractivity (Wildman–Crippen MR) is 89.4 cm³/mol. The molecule has 122 valence electrons. The number of rotatable bonds is 5. The first kappa shape index (κ1) is 16.1. The van der Waals surface area contributed by atoms with Gasteiger partial charge < -0.3 is 9.64 Å². The summed E-state index contributed by atoms with van der Waals surface area (Å²) < 4.78 is 9.88. The molecule has 0 atom stereocenters. The zero-order valence-corrected chi connectivity index (χ0v) is 14.1. The molecule has 5 nitrogen and oxygen atoms in total. The number of carbonyl (C=O) groups excluding carboxylic acids is 1.